The highest BCUT2D eigenvalue weighted by Gasteiger charge is 2.04. The van der Waals surface area contributed by atoms with Crippen molar-refractivity contribution in [2.45, 2.75) is 0 Å². The molecule has 1 aromatic carbocycles. The number of aliphatic hydroxyl groups excluding tert-OH is 1. The predicted molar refractivity (Wildman–Crippen MR) is 60.0 cm³/mol. The van der Waals surface area contributed by atoms with Crippen LogP contribution in [0.4, 0.5) is 0 Å². The first-order valence-corrected chi connectivity index (χ1v) is 4.66. The van der Waals surface area contributed by atoms with Crippen molar-refractivity contribution in [1.82, 2.24) is 4.98 Å². The topological polar surface area (TPSA) is 70.4 Å². The minimum Gasteiger partial charge on any atom is -0.502 e. The van der Waals surface area contributed by atoms with Gasteiger partial charge < -0.3 is 10.2 Å². The molecule has 0 fully saturated rings. The van der Waals surface area contributed by atoms with Gasteiger partial charge in [-0.3, -0.25) is 0 Å². The van der Waals surface area contributed by atoms with Gasteiger partial charge in [-0.25, -0.2) is 9.78 Å². The van der Waals surface area contributed by atoms with E-state index in [-0.39, 0.29) is 0 Å². The number of carbonyl (C=O) groups is 1. The second kappa shape index (κ2) is 4.02. The van der Waals surface area contributed by atoms with E-state index in [0.29, 0.717) is 5.69 Å². The average molecular weight is 215 g/mol. The van der Waals surface area contributed by atoms with Crippen LogP contribution >= 0.6 is 0 Å². The van der Waals surface area contributed by atoms with Gasteiger partial charge in [0, 0.05) is 11.5 Å². The van der Waals surface area contributed by atoms with E-state index in [2.05, 4.69) is 4.98 Å². The molecule has 0 aliphatic rings. The number of fused-ring (bicyclic) bond motifs is 1. The molecule has 0 radical (unpaired) electrons. The van der Waals surface area contributed by atoms with Crippen LogP contribution < -0.4 is 0 Å². The first kappa shape index (κ1) is 10.2. The van der Waals surface area contributed by atoms with E-state index in [4.69, 9.17) is 10.2 Å². The number of benzene rings is 1. The SMILES string of the molecule is O=C(O)/C(O)=C/c1ccc2ccccc2n1. The summed E-state index contributed by atoms with van der Waals surface area (Å²) >= 11 is 0. The van der Waals surface area contributed by atoms with Crippen molar-refractivity contribution in [1.29, 1.82) is 0 Å². The molecule has 0 bridgehead atoms. The van der Waals surface area contributed by atoms with E-state index < -0.39 is 11.7 Å². The first-order valence-electron chi connectivity index (χ1n) is 4.66. The number of carboxylic acids is 1. The van der Waals surface area contributed by atoms with Gasteiger partial charge in [0.25, 0.3) is 0 Å². The Morgan fingerprint density at radius 3 is 2.62 bits per heavy atom. The summed E-state index contributed by atoms with van der Waals surface area (Å²) in [4.78, 5) is 14.6. The Labute approximate surface area is 91.5 Å². The zero-order valence-corrected chi connectivity index (χ0v) is 8.29. The largest absolute Gasteiger partial charge is 0.502 e. The summed E-state index contributed by atoms with van der Waals surface area (Å²) in [6.07, 6.45) is 1.12. The lowest BCUT2D eigenvalue weighted by molar-refractivity contribution is -0.135. The highest BCUT2D eigenvalue weighted by atomic mass is 16.4. The van der Waals surface area contributed by atoms with E-state index in [9.17, 15) is 4.79 Å². The van der Waals surface area contributed by atoms with Gasteiger partial charge in [0.15, 0.2) is 0 Å². The third kappa shape index (κ3) is 2.00. The molecule has 80 valence electrons. The molecule has 0 aliphatic carbocycles. The maximum atomic E-state index is 10.4. The molecule has 0 saturated carbocycles. The lowest BCUT2D eigenvalue weighted by Gasteiger charge is -1.98. The molecule has 0 saturated heterocycles. The van der Waals surface area contributed by atoms with E-state index in [1.807, 2.05) is 30.3 Å². The van der Waals surface area contributed by atoms with E-state index in [1.165, 1.54) is 0 Å². The molecule has 4 nitrogen and oxygen atoms in total. The standard InChI is InChI=1S/C12H9NO3/c14-11(12(15)16)7-9-6-5-8-3-1-2-4-10(8)13-9/h1-7,14H,(H,15,16)/b11-7-. The third-order valence-corrected chi connectivity index (χ3v) is 2.12. The summed E-state index contributed by atoms with van der Waals surface area (Å²) in [5.41, 5.74) is 1.17. The lowest BCUT2D eigenvalue weighted by Crippen LogP contribution is -1.98. The van der Waals surface area contributed by atoms with Crippen LogP contribution in [0.15, 0.2) is 42.2 Å². The number of hydrogen-bond acceptors (Lipinski definition) is 3. The van der Waals surface area contributed by atoms with Crippen molar-refractivity contribution in [3.63, 3.8) is 0 Å². The van der Waals surface area contributed by atoms with Crippen LogP contribution in [0.5, 0.6) is 0 Å². The van der Waals surface area contributed by atoms with Crippen molar-refractivity contribution in [2.24, 2.45) is 0 Å². The molecule has 2 rings (SSSR count). The van der Waals surface area contributed by atoms with Gasteiger partial charge >= 0.3 is 5.97 Å². The summed E-state index contributed by atoms with van der Waals surface area (Å²) in [5, 5.41) is 18.6. The fraction of sp³-hybridized carbons (Fsp3) is 0. The van der Waals surface area contributed by atoms with Gasteiger partial charge in [-0.2, -0.15) is 0 Å². The number of aliphatic hydroxyl groups is 1. The Hall–Kier alpha value is -2.36. The van der Waals surface area contributed by atoms with Gasteiger partial charge in [-0.15, -0.1) is 0 Å². The number of para-hydroxylation sites is 1. The molecule has 2 aromatic rings. The second-order valence-corrected chi connectivity index (χ2v) is 3.26. The molecule has 0 amide bonds. The van der Waals surface area contributed by atoms with Gasteiger partial charge in [0.2, 0.25) is 5.76 Å². The minimum atomic E-state index is -1.37. The Morgan fingerprint density at radius 2 is 1.88 bits per heavy atom. The van der Waals surface area contributed by atoms with Crippen molar-refractivity contribution in [3.05, 3.63) is 47.9 Å². The molecule has 0 aliphatic heterocycles. The van der Waals surface area contributed by atoms with Crippen LogP contribution in [0.25, 0.3) is 17.0 Å². The fourth-order valence-corrected chi connectivity index (χ4v) is 1.36. The second-order valence-electron chi connectivity index (χ2n) is 3.26. The zero-order chi connectivity index (χ0) is 11.5. The van der Waals surface area contributed by atoms with Crippen LogP contribution in [-0.4, -0.2) is 21.2 Å². The van der Waals surface area contributed by atoms with E-state index >= 15 is 0 Å². The van der Waals surface area contributed by atoms with Crippen molar-refractivity contribution in [3.8, 4) is 0 Å². The number of hydrogen-bond donors (Lipinski definition) is 2. The Morgan fingerprint density at radius 1 is 1.12 bits per heavy atom. The van der Waals surface area contributed by atoms with Crippen molar-refractivity contribution >= 4 is 22.9 Å². The highest BCUT2D eigenvalue weighted by molar-refractivity contribution is 5.89. The molecule has 16 heavy (non-hydrogen) atoms. The molecule has 1 heterocycles. The summed E-state index contributed by atoms with van der Waals surface area (Å²) in [5.74, 6) is -2.09. The minimum absolute atomic E-state index is 0.415. The molecule has 1 aromatic heterocycles. The number of rotatable bonds is 2. The Kier molecular flexibility index (Phi) is 2.55. The highest BCUT2D eigenvalue weighted by Crippen LogP contribution is 2.13. The Balaban J connectivity index is 2.47. The number of nitrogens with zero attached hydrogens (tertiary/aromatic N) is 1. The lowest BCUT2D eigenvalue weighted by atomic mass is 10.2. The van der Waals surface area contributed by atoms with Gasteiger partial charge in [0.1, 0.15) is 0 Å². The smallest absolute Gasteiger partial charge is 0.371 e. The van der Waals surface area contributed by atoms with Gasteiger partial charge in [-0.1, -0.05) is 24.3 Å². The normalized spacial score (nSPS) is 11.6. The number of aromatic nitrogens is 1. The number of carboxylic acid groups (broad SMARTS) is 1. The third-order valence-electron chi connectivity index (χ3n) is 2.12. The van der Waals surface area contributed by atoms with E-state index in [1.54, 1.807) is 6.07 Å². The summed E-state index contributed by atoms with van der Waals surface area (Å²) in [7, 11) is 0. The van der Waals surface area contributed by atoms with Crippen LogP contribution in [0.3, 0.4) is 0 Å². The quantitative estimate of drug-likeness (QED) is 0.595. The van der Waals surface area contributed by atoms with Crippen LogP contribution in [0.1, 0.15) is 5.69 Å². The summed E-state index contributed by atoms with van der Waals surface area (Å²) in [6.45, 7) is 0. The molecule has 0 unspecified atom stereocenters. The monoisotopic (exact) mass is 215 g/mol. The predicted octanol–water partition coefficient (Wildman–Crippen LogP) is 2.22. The summed E-state index contributed by atoms with van der Waals surface area (Å²) in [6, 6.07) is 11.0. The molecular weight excluding hydrogens is 206 g/mol. The van der Waals surface area contributed by atoms with Crippen LogP contribution in [0, 0.1) is 0 Å². The Bertz CT molecular complexity index is 575. The number of aliphatic carboxylic acids is 1. The van der Waals surface area contributed by atoms with Gasteiger partial charge in [0.05, 0.1) is 11.2 Å². The van der Waals surface area contributed by atoms with Crippen molar-refractivity contribution < 1.29 is 15.0 Å². The average Bonchev–Trinajstić information content (AvgIpc) is 2.28. The molecular formula is C12H9NO3. The zero-order valence-electron chi connectivity index (χ0n) is 8.29. The summed E-state index contributed by atoms with van der Waals surface area (Å²) < 4.78 is 0. The maximum absolute atomic E-state index is 10.4. The van der Waals surface area contributed by atoms with E-state index in [0.717, 1.165) is 17.0 Å². The fourth-order valence-electron chi connectivity index (χ4n) is 1.36. The molecule has 4 heteroatoms. The van der Waals surface area contributed by atoms with Crippen molar-refractivity contribution in [2.75, 3.05) is 0 Å². The first-order chi connectivity index (χ1) is 7.66. The maximum Gasteiger partial charge on any atom is 0.371 e. The van der Waals surface area contributed by atoms with Crippen LogP contribution in [-0.2, 0) is 4.79 Å². The van der Waals surface area contributed by atoms with Crippen LogP contribution in [0.2, 0.25) is 0 Å². The molecule has 2 N–H and O–H groups in total. The van der Waals surface area contributed by atoms with Gasteiger partial charge in [-0.05, 0) is 12.1 Å². The number of pyridine rings is 1. The molecule has 0 spiro atoms. The molecule has 0 atom stereocenters.